The van der Waals surface area contributed by atoms with E-state index in [-0.39, 0.29) is 5.91 Å². The number of methoxy groups -OCH3 is 1. The summed E-state index contributed by atoms with van der Waals surface area (Å²) in [4.78, 5) is 15.9. The van der Waals surface area contributed by atoms with Gasteiger partial charge in [-0.1, -0.05) is 25.4 Å². The summed E-state index contributed by atoms with van der Waals surface area (Å²) in [5.41, 5.74) is 2.20. The first kappa shape index (κ1) is 16.0. The van der Waals surface area contributed by atoms with Gasteiger partial charge in [-0.25, -0.2) is 0 Å². The molecule has 2 rings (SSSR count). The molecule has 1 amide bonds. The smallest absolute Gasteiger partial charge is 0.222 e. The molecule has 0 radical (unpaired) electrons. The van der Waals surface area contributed by atoms with Crippen LogP contribution < -0.4 is 9.64 Å². The Morgan fingerprint density at radius 1 is 1.24 bits per heavy atom. The number of ether oxygens (including phenoxy) is 1. The molecule has 0 atom stereocenters. The normalized spacial score (nSPS) is 15.2. The van der Waals surface area contributed by atoms with Crippen LogP contribution in [-0.4, -0.2) is 44.1 Å². The van der Waals surface area contributed by atoms with Crippen LogP contribution in [0.15, 0.2) is 12.1 Å². The van der Waals surface area contributed by atoms with Gasteiger partial charge >= 0.3 is 0 Å². The lowest BCUT2D eigenvalue weighted by molar-refractivity contribution is -0.131. The second-order valence-electron chi connectivity index (χ2n) is 5.19. The molecule has 0 spiro atoms. The molecular weight excluding hydrogens is 288 g/mol. The molecule has 0 saturated carbocycles. The topological polar surface area (TPSA) is 32.8 Å². The SMILES string of the molecule is CCC(=O)N1CCN(c2cc(CC)c(Cl)cc2OC)CC1. The number of halogens is 1. The number of aryl methyl sites for hydroxylation is 1. The lowest BCUT2D eigenvalue weighted by atomic mass is 10.1. The minimum Gasteiger partial charge on any atom is -0.495 e. The van der Waals surface area contributed by atoms with Crippen LogP contribution in [-0.2, 0) is 11.2 Å². The van der Waals surface area contributed by atoms with Crippen molar-refractivity contribution in [2.24, 2.45) is 0 Å². The highest BCUT2D eigenvalue weighted by atomic mass is 35.5. The standard InChI is InChI=1S/C16H23ClN2O2/c1-4-12-10-14(15(21-3)11-13(12)17)18-6-8-19(9-7-18)16(20)5-2/h10-11H,4-9H2,1-3H3. The van der Waals surface area contributed by atoms with Crippen molar-refractivity contribution < 1.29 is 9.53 Å². The van der Waals surface area contributed by atoms with Gasteiger partial charge in [0.05, 0.1) is 12.8 Å². The number of carbonyl (C=O) groups is 1. The number of carbonyl (C=O) groups excluding carboxylic acids is 1. The fourth-order valence-corrected chi connectivity index (χ4v) is 2.98. The first-order valence-electron chi connectivity index (χ1n) is 7.49. The quantitative estimate of drug-likeness (QED) is 0.857. The second kappa shape index (κ2) is 7.03. The highest BCUT2D eigenvalue weighted by molar-refractivity contribution is 6.31. The Labute approximate surface area is 131 Å². The van der Waals surface area contributed by atoms with Crippen LogP contribution in [0.25, 0.3) is 0 Å². The third-order valence-electron chi connectivity index (χ3n) is 4.00. The average Bonchev–Trinajstić information content (AvgIpc) is 2.54. The number of nitrogens with zero attached hydrogens (tertiary/aromatic N) is 2. The second-order valence-corrected chi connectivity index (χ2v) is 5.60. The van der Waals surface area contributed by atoms with Crippen molar-refractivity contribution in [2.45, 2.75) is 26.7 Å². The van der Waals surface area contributed by atoms with Gasteiger partial charge in [0.25, 0.3) is 0 Å². The van der Waals surface area contributed by atoms with Crippen molar-refractivity contribution in [3.05, 3.63) is 22.7 Å². The van der Waals surface area contributed by atoms with Crippen LogP contribution in [0.3, 0.4) is 0 Å². The van der Waals surface area contributed by atoms with Crippen LogP contribution in [0.4, 0.5) is 5.69 Å². The molecule has 116 valence electrons. The largest absolute Gasteiger partial charge is 0.495 e. The third-order valence-corrected chi connectivity index (χ3v) is 4.36. The van der Waals surface area contributed by atoms with Crippen molar-refractivity contribution >= 4 is 23.2 Å². The van der Waals surface area contributed by atoms with Crippen molar-refractivity contribution in [3.8, 4) is 5.75 Å². The lowest BCUT2D eigenvalue weighted by Crippen LogP contribution is -2.48. The molecule has 0 N–H and O–H groups in total. The fraction of sp³-hybridized carbons (Fsp3) is 0.562. The number of rotatable bonds is 4. The van der Waals surface area contributed by atoms with E-state index in [2.05, 4.69) is 17.9 Å². The number of piperazine rings is 1. The van der Waals surface area contributed by atoms with Crippen molar-refractivity contribution in [2.75, 3.05) is 38.2 Å². The molecule has 1 fully saturated rings. The van der Waals surface area contributed by atoms with Crippen molar-refractivity contribution in [3.63, 3.8) is 0 Å². The van der Waals surface area contributed by atoms with E-state index in [9.17, 15) is 4.79 Å². The van der Waals surface area contributed by atoms with Crippen LogP contribution in [0, 0.1) is 0 Å². The predicted molar refractivity (Wildman–Crippen MR) is 86.5 cm³/mol. The maximum atomic E-state index is 11.7. The highest BCUT2D eigenvalue weighted by Crippen LogP contribution is 2.34. The number of anilines is 1. The summed E-state index contributed by atoms with van der Waals surface area (Å²) in [5.74, 6) is 1.03. The molecule has 1 aliphatic rings. The van der Waals surface area contributed by atoms with E-state index in [1.54, 1.807) is 7.11 Å². The van der Waals surface area contributed by atoms with Gasteiger partial charge in [-0.15, -0.1) is 0 Å². The van der Waals surface area contributed by atoms with E-state index in [4.69, 9.17) is 16.3 Å². The number of benzene rings is 1. The Bertz CT molecular complexity index is 511. The van der Waals surface area contributed by atoms with Gasteiger partial charge in [0, 0.05) is 43.7 Å². The van der Waals surface area contributed by atoms with Crippen LogP contribution in [0.5, 0.6) is 5.75 Å². The summed E-state index contributed by atoms with van der Waals surface area (Å²) in [6, 6.07) is 4.00. The van der Waals surface area contributed by atoms with Crippen molar-refractivity contribution in [1.82, 2.24) is 4.90 Å². The molecule has 5 heteroatoms. The summed E-state index contributed by atoms with van der Waals surface area (Å²) in [6.07, 6.45) is 1.47. The fourth-order valence-electron chi connectivity index (χ4n) is 2.69. The molecule has 0 aliphatic carbocycles. The maximum Gasteiger partial charge on any atom is 0.222 e. The molecule has 1 saturated heterocycles. The van der Waals surface area contributed by atoms with E-state index in [1.807, 2.05) is 17.9 Å². The van der Waals surface area contributed by atoms with Crippen LogP contribution in [0.1, 0.15) is 25.8 Å². The Balaban J connectivity index is 2.17. The zero-order valence-electron chi connectivity index (χ0n) is 13.0. The maximum absolute atomic E-state index is 11.7. The van der Waals surface area contributed by atoms with Crippen LogP contribution >= 0.6 is 11.6 Å². The van der Waals surface area contributed by atoms with E-state index >= 15 is 0 Å². The Morgan fingerprint density at radius 3 is 2.43 bits per heavy atom. The summed E-state index contributed by atoms with van der Waals surface area (Å²) >= 11 is 6.25. The summed E-state index contributed by atoms with van der Waals surface area (Å²) in [5, 5.41) is 0.748. The molecular formula is C16H23ClN2O2. The van der Waals surface area contributed by atoms with E-state index in [0.29, 0.717) is 6.42 Å². The first-order valence-corrected chi connectivity index (χ1v) is 7.87. The molecule has 1 aromatic rings. The minimum absolute atomic E-state index is 0.229. The summed E-state index contributed by atoms with van der Waals surface area (Å²) in [6.45, 7) is 7.18. The Kier molecular flexibility index (Phi) is 5.34. The van der Waals surface area contributed by atoms with E-state index in [0.717, 1.165) is 54.6 Å². The van der Waals surface area contributed by atoms with Gasteiger partial charge in [-0.3, -0.25) is 4.79 Å². The Hall–Kier alpha value is -1.42. The van der Waals surface area contributed by atoms with Gasteiger partial charge in [0.15, 0.2) is 0 Å². The van der Waals surface area contributed by atoms with Gasteiger partial charge < -0.3 is 14.5 Å². The minimum atomic E-state index is 0.229. The van der Waals surface area contributed by atoms with Gasteiger partial charge in [0.2, 0.25) is 5.91 Å². The van der Waals surface area contributed by atoms with Crippen molar-refractivity contribution in [1.29, 1.82) is 0 Å². The molecule has 0 aromatic heterocycles. The summed E-state index contributed by atoms with van der Waals surface area (Å²) in [7, 11) is 1.66. The molecule has 1 heterocycles. The highest BCUT2D eigenvalue weighted by Gasteiger charge is 2.22. The lowest BCUT2D eigenvalue weighted by Gasteiger charge is -2.36. The third kappa shape index (κ3) is 3.43. The molecule has 4 nitrogen and oxygen atoms in total. The molecule has 1 aliphatic heterocycles. The van der Waals surface area contributed by atoms with Crippen LogP contribution in [0.2, 0.25) is 5.02 Å². The summed E-state index contributed by atoms with van der Waals surface area (Å²) < 4.78 is 5.47. The number of hydrogen-bond donors (Lipinski definition) is 0. The van der Waals surface area contributed by atoms with E-state index in [1.165, 1.54) is 0 Å². The zero-order chi connectivity index (χ0) is 15.4. The Morgan fingerprint density at radius 2 is 1.90 bits per heavy atom. The van der Waals surface area contributed by atoms with Gasteiger partial charge in [-0.2, -0.15) is 0 Å². The first-order chi connectivity index (χ1) is 10.1. The van der Waals surface area contributed by atoms with Gasteiger partial charge in [-0.05, 0) is 18.1 Å². The molecule has 1 aromatic carbocycles. The van der Waals surface area contributed by atoms with Gasteiger partial charge in [0.1, 0.15) is 5.75 Å². The predicted octanol–water partition coefficient (Wildman–Crippen LogP) is 2.97. The number of hydrogen-bond acceptors (Lipinski definition) is 3. The van der Waals surface area contributed by atoms with E-state index < -0.39 is 0 Å². The average molecular weight is 311 g/mol. The molecule has 0 bridgehead atoms. The zero-order valence-corrected chi connectivity index (χ0v) is 13.7. The molecule has 0 unspecified atom stereocenters. The number of amides is 1. The molecule has 21 heavy (non-hydrogen) atoms. The monoisotopic (exact) mass is 310 g/mol.